The Morgan fingerprint density at radius 2 is 1.87 bits per heavy atom. The van der Waals surface area contributed by atoms with Gasteiger partial charge in [0, 0.05) is 30.3 Å². The molecule has 0 saturated carbocycles. The SMILES string of the molecule is CC(=O)N1CCc2cc(C(=O)NC(C)c3sc(-c4ccc(C)cc4)nc3C)ccc21. The summed E-state index contributed by atoms with van der Waals surface area (Å²) in [7, 11) is 0. The van der Waals surface area contributed by atoms with Crippen molar-refractivity contribution in [2.45, 2.75) is 40.2 Å². The van der Waals surface area contributed by atoms with Crippen molar-refractivity contribution in [1.82, 2.24) is 10.3 Å². The minimum absolute atomic E-state index is 0.0321. The summed E-state index contributed by atoms with van der Waals surface area (Å²) in [5, 5.41) is 4.07. The van der Waals surface area contributed by atoms with Crippen molar-refractivity contribution in [3.8, 4) is 10.6 Å². The highest BCUT2D eigenvalue weighted by atomic mass is 32.1. The summed E-state index contributed by atoms with van der Waals surface area (Å²) in [6.07, 6.45) is 0.777. The molecule has 30 heavy (non-hydrogen) atoms. The zero-order valence-corrected chi connectivity index (χ0v) is 18.5. The number of carbonyl (C=O) groups is 2. The molecule has 3 aromatic rings. The predicted molar refractivity (Wildman–Crippen MR) is 121 cm³/mol. The number of carbonyl (C=O) groups excluding carboxylic acids is 2. The van der Waals surface area contributed by atoms with E-state index < -0.39 is 0 Å². The van der Waals surface area contributed by atoms with E-state index in [2.05, 4.69) is 36.5 Å². The number of nitrogens with zero attached hydrogens (tertiary/aromatic N) is 2. The number of anilines is 1. The average molecular weight is 420 g/mol. The molecule has 0 bridgehead atoms. The van der Waals surface area contributed by atoms with Gasteiger partial charge in [0.15, 0.2) is 0 Å². The molecule has 1 unspecified atom stereocenters. The molecule has 5 nitrogen and oxygen atoms in total. The topological polar surface area (TPSA) is 62.3 Å². The van der Waals surface area contributed by atoms with Gasteiger partial charge in [0.1, 0.15) is 5.01 Å². The molecule has 154 valence electrons. The van der Waals surface area contributed by atoms with Gasteiger partial charge in [0.25, 0.3) is 5.91 Å². The number of thiazole rings is 1. The zero-order chi connectivity index (χ0) is 21.4. The number of amides is 2. The van der Waals surface area contributed by atoms with Gasteiger partial charge in [-0.1, -0.05) is 29.8 Å². The molecule has 1 aliphatic heterocycles. The minimum Gasteiger partial charge on any atom is -0.345 e. The standard InChI is InChI=1S/C24H25N3O2S/c1-14-5-7-18(8-6-14)24-26-16(3)22(30-24)15(2)25-23(29)20-9-10-21-19(13-20)11-12-27(21)17(4)28/h5-10,13,15H,11-12H2,1-4H3,(H,25,29). The second kappa shape index (κ2) is 8.03. The predicted octanol–water partition coefficient (Wildman–Crippen LogP) is 4.83. The Balaban J connectivity index is 1.50. The zero-order valence-electron chi connectivity index (χ0n) is 17.7. The molecular weight excluding hydrogens is 394 g/mol. The summed E-state index contributed by atoms with van der Waals surface area (Å²) in [5.74, 6) is -0.0825. The molecular formula is C24H25N3O2S. The second-order valence-electron chi connectivity index (χ2n) is 7.79. The lowest BCUT2D eigenvalue weighted by Crippen LogP contribution is -2.27. The highest BCUT2D eigenvalue weighted by molar-refractivity contribution is 7.15. The van der Waals surface area contributed by atoms with Gasteiger partial charge in [0.05, 0.1) is 16.6 Å². The number of benzene rings is 2. The fraction of sp³-hybridized carbons (Fsp3) is 0.292. The maximum atomic E-state index is 12.9. The highest BCUT2D eigenvalue weighted by Crippen LogP contribution is 2.33. The number of aryl methyl sites for hydroxylation is 2. The third-order valence-corrected chi connectivity index (χ3v) is 6.88. The molecule has 2 aromatic carbocycles. The first kappa shape index (κ1) is 20.3. The first-order valence-corrected chi connectivity index (χ1v) is 10.9. The van der Waals surface area contributed by atoms with Crippen molar-refractivity contribution in [3.63, 3.8) is 0 Å². The Kier molecular flexibility index (Phi) is 5.43. The second-order valence-corrected chi connectivity index (χ2v) is 8.82. The largest absolute Gasteiger partial charge is 0.345 e. The fourth-order valence-corrected chi connectivity index (χ4v) is 4.92. The summed E-state index contributed by atoms with van der Waals surface area (Å²) < 4.78 is 0. The quantitative estimate of drug-likeness (QED) is 0.659. The number of nitrogens with one attached hydrogen (secondary N) is 1. The maximum absolute atomic E-state index is 12.9. The lowest BCUT2D eigenvalue weighted by Gasteiger charge is -2.16. The Hall–Kier alpha value is -2.99. The van der Waals surface area contributed by atoms with Crippen LogP contribution in [-0.2, 0) is 11.2 Å². The summed E-state index contributed by atoms with van der Waals surface area (Å²) >= 11 is 1.62. The van der Waals surface area contributed by atoms with E-state index in [1.807, 2.05) is 26.0 Å². The number of hydrogen-bond donors (Lipinski definition) is 1. The van der Waals surface area contributed by atoms with Gasteiger partial charge >= 0.3 is 0 Å². The first-order chi connectivity index (χ1) is 14.3. The van der Waals surface area contributed by atoms with E-state index in [4.69, 9.17) is 4.98 Å². The molecule has 0 spiro atoms. The van der Waals surface area contributed by atoms with E-state index >= 15 is 0 Å². The third kappa shape index (κ3) is 3.87. The summed E-state index contributed by atoms with van der Waals surface area (Å²) in [6, 6.07) is 13.7. The molecule has 1 aliphatic rings. The molecule has 0 saturated heterocycles. The van der Waals surface area contributed by atoms with Gasteiger partial charge in [-0.15, -0.1) is 11.3 Å². The van der Waals surface area contributed by atoms with Crippen LogP contribution in [0.15, 0.2) is 42.5 Å². The van der Waals surface area contributed by atoms with Crippen molar-refractivity contribution in [3.05, 3.63) is 69.7 Å². The van der Waals surface area contributed by atoms with Crippen molar-refractivity contribution in [2.75, 3.05) is 11.4 Å². The van der Waals surface area contributed by atoms with E-state index in [1.54, 1.807) is 29.2 Å². The number of fused-ring (bicyclic) bond motifs is 1. The Bertz CT molecular complexity index is 1120. The average Bonchev–Trinajstić information content (AvgIpc) is 3.31. The van der Waals surface area contributed by atoms with Crippen LogP contribution in [0.2, 0.25) is 0 Å². The van der Waals surface area contributed by atoms with Gasteiger partial charge in [-0.2, -0.15) is 0 Å². The molecule has 2 heterocycles. The molecule has 1 atom stereocenters. The van der Waals surface area contributed by atoms with Crippen LogP contribution >= 0.6 is 11.3 Å². The van der Waals surface area contributed by atoms with Crippen molar-refractivity contribution >= 4 is 28.8 Å². The van der Waals surface area contributed by atoms with Crippen LogP contribution in [0.4, 0.5) is 5.69 Å². The molecule has 0 radical (unpaired) electrons. The lowest BCUT2D eigenvalue weighted by atomic mass is 10.1. The monoisotopic (exact) mass is 419 g/mol. The van der Waals surface area contributed by atoms with Crippen molar-refractivity contribution in [2.24, 2.45) is 0 Å². The van der Waals surface area contributed by atoms with Crippen LogP contribution in [0, 0.1) is 13.8 Å². The Morgan fingerprint density at radius 1 is 1.13 bits per heavy atom. The van der Waals surface area contributed by atoms with Crippen LogP contribution in [0.3, 0.4) is 0 Å². The van der Waals surface area contributed by atoms with Crippen molar-refractivity contribution in [1.29, 1.82) is 0 Å². The molecule has 4 rings (SSSR count). The van der Waals surface area contributed by atoms with Gasteiger partial charge in [-0.3, -0.25) is 9.59 Å². The molecule has 0 aliphatic carbocycles. The normalized spacial score (nSPS) is 13.8. The number of aromatic nitrogens is 1. The summed E-state index contributed by atoms with van der Waals surface area (Å²) in [4.78, 5) is 32.1. The first-order valence-electron chi connectivity index (χ1n) is 10.1. The summed E-state index contributed by atoms with van der Waals surface area (Å²) in [5.41, 5.74) is 5.82. The van der Waals surface area contributed by atoms with Crippen LogP contribution in [0.25, 0.3) is 10.6 Å². The van der Waals surface area contributed by atoms with E-state index in [-0.39, 0.29) is 17.9 Å². The molecule has 0 fully saturated rings. The van der Waals surface area contributed by atoms with Crippen LogP contribution < -0.4 is 10.2 Å². The van der Waals surface area contributed by atoms with E-state index in [0.717, 1.165) is 38.8 Å². The van der Waals surface area contributed by atoms with Crippen LogP contribution in [0.5, 0.6) is 0 Å². The Morgan fingerprint density at radius 3 is 2.57 bits per heavy atom. The van der Waals surface area contributed by atoms with E-state index in [9.17, 15) is 9.59 Å². The molecule has 6 heteroatoms. The number of hydrogen-bond acceptors (Lipinski definition) is 4. The van der Waals surface area contributed by atoms with Crippen LogP contribution in [0.1, 0.15) is 51.9 Å². The van der Waals surface area contributed by atoms with Gasteiger partial charge in [0.2, 0.25) is 5.91 Å². The van der Waals surface area contributed by atoms with Gasteiger partial charge in [-0.25, -0.2) is 4.98 Å². The minimum atomic E-state index is -0.142. The fourth-order valence-electron chi connectivity index (χ4n) is 3.85. The van der Waals surface area contributed by atoms with E-state index in [1.165, 1.54) is 5.56 Å². The molecule has 1 N–H and O–H groups in total. The molecule has 2 amide bonds. The number of rotatable bonds is 4. The van der Waals surface area contributed by atoms with Crippen LogP contribution in [-0.4, -0.2) is 23.3 Å². The van der Waals surface area contributed by atoms with Gasteiger partial charge < -0.3 is 10.2 Å². The highest BCUT2D eigenvalue weighted by Gasteiger charge is 2.24. The summed E-state index contributed by atoms with van der Waals surface area (Å²) in [6.45, 7) is 8.28. The van der Waals surface area contributed by atoms with E-state index in [0.29, 0.717) is 12.1 Å². The maximum Gasteiger partial charge on any atom is 0.251 e. The van der Waals surface area contributed by atoms with Crippen molar-refractivity contribution < 1.29 is 9.59 Å². The smallest absolute Gasteiger partial charge is 0.251 e. The van der Waals surface area contributed by atoms with Gasteiger partial charge in [-0.05, 0) is 51.0 Å². The third-order valence-electron chi connectivity index (χ3n) is 5.49. The Labute approximate surface area is 180 Å². The lowest BCUT2D eigenvalue weighted by molar-refractivity contribution is -0.116. The molecule has 1 aromatic heterocycles.